The summed E-state index contributed by atoms with van der Waals surface area (Å²) in [5, 5.41) is 3.84. The van der Waals surface area contributed by atoms with Gasteiger partial charge in [-0.1, -0.05) is 30.7 Å². The van der Waals surface area contributed by atoms with E-state index in [-0.39, 0.29) is 11.8 Å². The van der Waals surface area contributed by atoms with Crippen molar-refractivity contribution in [1.29, 1.82) is 0 Å². The standard InChI is InChI=1S/C27H39ClN4O2/c1-19-7-5-13-31(17-19)14-6-12-29-26(33)22-10-15-32(16-11-22)18-24-21(3)34-27(30-24)25-20(2)8-4-9-23(25)28/h4,8-9,19,22H,5-7,10-18H2,1-3H3,(H,29,33). The van der Waals surface area contributed by atoms with Crippen molar-refractivity contribution in [2.45, 2.75) is 59.4 Å². The molecule has 2 aliphatic heterocycles. The van der Waals surface area contributed by atoms with Gasteiger partial charge in [0, 0.05) is 25.6 Å². The number of carbonyl (C=O) groups is 1. The van der Waals surface area contributed by atoms with E-state index in [2.05, 4.69) is 22.0 Å². The lowest BCUT2D eigenvalue weighted by molar-refractivity contribution is -0.126. The second-order valence-electron chi connectivity index (χ2n) is 10.2. The summed E-state index contributed by atoms with van der Waals surface area (Å²) in [7, 11) is 0. The molecule has 0 bridgehead atoms. The molecule has 34 heavy (non-hydrogen) atoms. The van der Waals surface area contributed by atoms with Gasteiger partial charge in [0.2, 0.25) is 11.8 Å². The normalized spacial score (nSPS) is 20.5. The number of hydrogen-bond acceptors (Lipinski definition) is 5. The van der Waals surface area contributed by atoms with Crippen molar-refractivity contribution in [2.75, 3.05) is 39.3 Å². The lowest BCUT2D eigenvalue weighted by Crippen LogP contribution is -2.41. The van der Waals surface area contributed by atoms with E-state index in [1.165, 1.54) is 25.9 Å². The summed E-state index contributed by atoms with van der Waals surface area (Å²) in [6.45, 7) is 13.1. The summed E-state index contributed by atoms with van der Waals surface area (Å²) >= 11 is 6.40. The first kappa shape index (κ1) is 25.2. The van der Waals surface area contributed by atoms with Crippen molar-refractivity contribution >= 4 is 17.5 Å². The SMILES string of the molecule is Cc1cccc(Cl)c1-c1nc(CN2CCC(C(=O)NCCCN3CCCC(C)C3)CC2)c(C)o1. The molecule has 2 aliphatic rings. The first-order valence-corrected chi connectivity index (χ1v) is 13.2. The molecule has 1 N–H and O–H groups in total. The first-order valence-electron chi connectivity index (χ1n) is 12.8. The molecule has 2 saturated heterocycles. The van der Waals surface area contributed by atoms with Crippen LogP contribution in [0.25, 0.3) is 11.5 Å². The summed E-state index contributed by atoms with van der Waals surface area (Å²) in [5.41, 5.74) is 2.87. The Labute approximate surface area is 209 Å². The number of rotatable bonds is 8. The van der Waals surface area contributed by atoms with Gasteiger partial charge in [-0.15, -0.1) is 0 Å². The van der Waals surface area contributed by atoms with E-state index < -0.39 is 0 Å². The van der Waals surface area contributed by atoms with E-state index in [0.717, 1.165) is 80.5 Å². The van der Waals surface area contributed by atoms with Crippen LogP contribution in [0, 0.1) is 25.7 Å². The van der Waals surface area contributed by atoms with Crippen molar-refractivity contribution in [1.82, 2.24) is 20.1 Å². The van der Waals surface area contributed by atoms with Gasteiger partial charge in [-0.2, -0.15) is 0 Å². The molecule has 0 radical (unpaired) electrons. The highest BCUT2D eigenvalue weighted by molar-refractivity contribution is 6.33. The van der Waals surface area contributed by atoms with E-state index >= 15 is 0 Å². The molecule has 1 unspecified atom stereocenters. The van der Waals surface area contributed by atoms with Gasteiger partial charge < -0.3 is 14.6 Å². The predicted octanol–water partition coefficient (Wildman–Crippen LogP) is 5.06. The number of aryl methyl sites for hydroxylation is 2. The molecule has 0 spiro atoms. The largest absolute Gasteiger partial charge is 0.441 e. The van der Waals surface area contributed by atoms with Gasteiger partial charge >= 0.3 is 0 Å². The number of amides is 1. The summed E-state index contributed by atoms with van der Waals surface area (Å²) in [6, 6.07) is 5.82. The van der Waals surface area contributed by atoms with Crippen LogP contribution in [0.1, 0.15) is 56.0 Å². The zero-order valence-electron chi connectivity index (χ0n) is 20.9. The first-order chi connectivity index (χ1) is 16.4. The second kappa shape index (κ2) is 11.7. The van der Waals surface area contributed by atoms with Crippen LogP contribution in [0.2, 0.25) is 5.02 Å². The number of aromatic nitrogens is 1. The molecule has 2 fully saturated rings. The number of nitrogens with zero attached hydrogens (tertiary/aromatic N) is 3. The molecule has 7 heteroatoms. The van der Waals surface area contributed by atoms with Crippen LogP contribution in [0.3, 0.4) is 0 Å². The van der Waals surface area contributed by atoms with Crippen LogP contribution in [-0.4, -0.2) is 60.0 Å². The fourth-order valence-corrected chi connectivity index (χ4v) is 5.60. The number of likely N-dealkylation sites (tertiary alicyclic amines) is 2. The van der Waals surface area contributed by atoms with E-state index in [4.69, 9.17) is 21.0 Å². The smallest absolute Gasteiger partial charge is 0.228 e. The Hall–Kier alpha value is -1.89. The number of nitrogens with one attached hydrogen (secondary N) is 1. The summed E-state index contributed by atoms with van der Waals surface area (Å²) in [6.07, 6.45) is 5.48. The van der Waals surface area contributed by atoms with Crippen molar-refractivity contribution < 1.29 is 9.21 Å². The molecule has 2 aromatic rings. The molecule has 6 nitrogen and oxygen atoms in total. The van der Waals surface area contributed by atoms with Crippen molar-refractivity contribution in [3.8, 4) is 11.5 Å². The van der Waals surface area contributed by atoms with E-state index in [1.807, 2.05) is 32.0 Å². The van der Waals surface area contributed by atoms with Gasteiger partial charge in [0.1, 0.15) is 5.76 Å². The molecule has 0 saturated carbocycles. The average molecular weight is 487 g/mol. The molecule has 0 aliphatic carbocycles. The lowest BCUT2D eigenvalue weighted by Gasteiger charge is -2.31. The van der Waals surface area contributed by atoms with E-state index in [0.29, 0.717) is 10.9 Å². The van der Waals surface area contributed by atoms with Crippen LogP contribution in [0.4, 0.5) is 0 Å². The van der Waals surface area contributed by atoms with Gasteiger partial charge in [0.25, 0.3) is 0 Å². The minimum absolute atomic E-state index is 0.117. The monoisotopic (exact) mass is 486 g/mol. The molecule has 1 amide bonds. The van der Waals surface area contributed by atoms with Crippen LogP contribution < -0.4 is 5.32 Å². The fraction of sp³-hybridized carbons (Fsp3) is 0.630. The highest BCUT2D eigenvalue weighted by Crippen LogP contribution is 2.32. The maximum absolute atomic E-state index is 12.7. The highest BCUT2D eigenvalue weighted by atomic mass is 35.5. The lowest BCUT2D eigenvalue weighted by atomic mass is 9.95. The number of piperidine rings is 2. The molecule has 1 atom stereocenters. The van der Waals surface area contributed by atoms with Crippen molar-refractivity contribution in [3.05, 3.63) is 40.2 Å². The van der Waals surface area contributed by atoms with Gasteiger partial charge in [0.05, 0.1) is 16.3 Å². The van der Waals surface area contributed by atoms with Crippen molar-refractivity contribution in [3.63, 3.8) is 0 Å². The Balaban J connectivity index is 1.21. The van der Waals surface area contributed by atoms with Crippen molar-refractivity contribution in [2.24, 2.45) is 11.8 Å². The summed E-state index contributed by atoms with van der Waals surface area (Å²) in [4.78, 5) is 22.3. The Kier molecular flexibility index (Phi) is 8.67. The molecule has 1 aromatic heterocycles. The Morgan fingerprint density at radius 3 is 2.71 bits per heavy atom. The molecule has 1 aromatic carbocycles. The highest BCUT2D eigenvalue weighted by Gasteiger charge is 2.26. The van der Waals surface area contributed by atoms with E-state index in [1.54, 1.807) is 0 Å². The average Bonchev–Trinajstić information content (AvgIpc) is 3.16. The molecular weight excluding hydrogens is 448 g/mol. The Morgan fingerprint density at radius 1 is 1.18 bits per heavy atom. The summed E-state index contributed by atoms with van der Waals surface area (Å²) < 4.78 is 5.98. The second-order valence-corrected chi connectivity index (χ2v) is 10.6. The predicted molar refractivity (Wildman–Crippen MR) is 137 cm³/mol. The topological polar surface area (TPSA) is 61.6 Å². The third kappa shape index (κ3) is 6.41. The number of benzene rings is 1. The van der Waals surface area contributed by atoms with Gasteiger partial charge in [-0.3, -0.25) is 9.69 Å². The number of hydrogen-bond donors (Lipinski definition) is 1. The molecule has 186 valence electrons. The van der Waals surface area contributed by atoms with Gasteiger partial charge in [-0.05, 0) is 89.7 Å². The number of halogens is 1. The van der Waals surface area contributed by atoms with Gasteiger partial charge in [0.15, 0.2) is 0 Å². The zero-order valence-corrected chi connectivity index (χ0v) is 21.7. The zero-order chi connectivity index (χ0) is 24.1. The Bertz CT molecular complexity index is 947. The quantitative estimate of drug-likeness (QED) is 0.528. The van der Waals surface area contributed by atoms with Crippen LogP contribution in [0.15, 0.2) is 22.6 Å². The third-order valence-electron chi connectivity index (χ3n) is 7.35. The Morgan fingerprint density at radius 2 is 1.97 bits per heavy atom. The van der Waals surface area contributed by atoms with Crippen LogP contribution >= 0.6 is 11.6 Å². The molecule has 3 heterocycles. The van der Waals surface area contributed by atoms with Crippen LogP contribution in [-0.2, 0) is 11.3 Å². The summed E-state index contributed by atoms with van der Waals surface area (Å²) in [5.74, 6) is 2.56. The van der Waals surface area contributed by atoms with Gasteiger partial charge in [-0.25, -0.2) is 4.98 Å². The fourth-order valence-electron chi connectivity index (χ4n) is 5.30. The number of carbonyl (C=O) groups excluding carboxylic acids is 1. The third-order valence-corrected chi connectivity index (χ3v) is 7.67. The molecular formula is C27H39ClN4O2. The maximum Gasteiger partial charge on any atom is 0.228 e. The minimum Gasteiger partial charge on any atom is -0.441 e. The van der Waals surface area contributed by atoms with Crippen LogP contribution in [0.5, 0.6) is 0 Å². The van der Waals surface area contributed by atoms with E-state index in [9.17, 15) is 4.79 Å². The minimum atomic E-state index is 0.117. The maximum atomic E-state index is 12.7. The molecule has 4 rings (SSSR count). The number of oxazole rings is 1.